The van der Waals surface area contributed by atoms with Gasteiger partial charge in [-0.1, -0.05) is 48.0 Å². The number of nitrogens with zero attached hydrogens (tertiary/aromatic N) is 1. The molecule has 0 aliphatic heterocycles. The van der Waals surface area contributed by atoms with Crippen LogP contribution in [0.25, 0.3) is 22.0 Å². The summed E-state index contributed by atoms with van der Waals surface area (Å²) in [5, 5.41) is 1.64. The molecular weight excluding hydrogens is 230 g/mol. The van der Waals surface area contributed by atoms with Gasteiger partial charge in [-0.2, -0.15) is 0 Å². The van der Waals surface area contributed by atoms with Crippen LogP contribution in [0.3, 0.4) is 0 Å². The van der Waals surface area contributed by atoms with Crippen molar-refractivity contribution >= 4 is 22.5 Å². The van der Waals surface area contributed by atoms with Crippen LogP contribution in [0.1, 0.15) is 0 Å². The number of hydrogen-bond acceptors (Lipinski definition) is 1. The maximum atomic E-state index is 5.86. The Morgan fingerprint density at radius 3 is 2.41 bits per heavy atom. The monoisotopic (exact) mass is 239 g/mol. The minimum atomic E-state index is 0.532. The summed E-state index contributed by atoms with van der Waals surface area (Å²) in [5.74, 6) is 0. The molecule has 0 atom stereocenters. The molecule has 1 nitrogen and oxygen atoms in total. The Hall–Kier alpha value is -1.86. The van der Waals surface area contributed by atoms with E-state index in [1.165, 1.54) is 11.1 Å². The van der Waals surface area contributed by atoms with Gasteiger partial charge in [-0.15, -0.1) is 0 Å². The number of halogens is 1. The zero-order chi connectivity index (χ0) is 11.7. The van der Waals surface area contributed by atoms with E-state index in [9.17, 15) is 0 Å². The summed E-state index contributed by atoms with van der Waals surface area (Å²) in [6, 6.07) is 20.3. The summed E-state index contributed by atoms with van der Waals surface area (Å²) >= 11 is 5.86. The molecule has 0 radical (unpaired) electrons. The molecule has 17 heavy (non-hydrogen) atoms. The first-order chi connectivity index (χ1) is 8.33. The fraction of sp³-hybridized carbons (Fsp3) is 0. The molecule has 3 aromatic rings. The van der Waals surface area contributed by atoms with E-state index in [1.807, 2.05) is 36.4 Å². The second kappa shape index (κ2) is 4.19. The van der Waals surface area contributed by atoms with E-state index in [0.29, 0.717) is 5.15 Å². The summed E-state index contributed by atoms with van der Waals surface area (Å²) in [4.78, 5) is 4.28. The summed E-state index contributed by atoms with van der Waals surface area (Å²) < 4.78 is 0. The minimum absolute atomic E-state index is 0.532. The smallest absolute Gasteiger partial charge is 0.129 e. The Balaban J connectivity index is 2.17. The molecule has 0 amide bonds. The number of aromatic nitrogens is 1. The van der Waals surface area contributed by atoms with Crippen LogP contribution in [-0.4, -0.2) is 4.98 Å². The van der Waals surface area contributed by atoms with Crippen molar-refractivity contribution in [2.24, 2.45) is 0 Å². The summed E-state index contributed by atoms with van der Waals surface area (Å²) in [6.45, 7) is 0. The van der Waals surface area contributed by atoms with E-state index < -0.39 is 0 Å². The maximum absolute atomic E-state index is 5.86. The van der Waals surface area contributed by atoms with Gasteiger partial charge in [0.25, 0.3) is 0 Å². The largest absolute Gasteiger partial charge is 0.236 e. The zero-order valence-corrected chi connectivity index (χ0v) is 9.85. The van der Waals surface area contributed by atoms with E-state index in [1.54, 1.807) is 0 Å². The third-order valence-electron chi connectivity index (χ3n) is 2.76. The number of rotatable bonds is 1. The Morgan fingerprint density at radius 1 is 0.765 bits per heavy atom. The van der Waals surface area contributed by atoms with Gasteiger partial charge < -0.3 is 0 Å². The Kier molecular flexibility index (Phi) is 2.54. The van der Waals surface area contributed by atoms with Crippen molar-refractivity contribution in [2.45, 2.75) is 0 Å². The minimum Gasteiger partial charge on any atom is -0.236 e. The first kappa shape index (κ1) is 10.3. The topological polar surface area (TPSA) is 12.9 Å². The van der Waals surface area contributed by atoms with Crippen molar-refractivity contribution in [3.63, 3.8) is 0 Å². The highest BCUT2D eigenvalue weighted by Crippen LogP contribution is 2.24. The van der Waals surface area contributed by atoms with Crippen LogP contribution in [0.4, 0.5) is 0 Å². The summed E-state index contributed by atoms with van der Waals surface area (Å²) in [6.07, 6.45) is 0. The molecule has 0 fully saturated rings. The van der Waals surface area contributed by atoms with Gasteiger partial charge in [-0.05, 0) is 35.4 Å². The zero-order valence-electron chi connectivity index (χ0n) is 9.10. The molecule has 0 aliphatic carbocycles. The summed E-state index contributed by atoms with van der Waals surface area (Å²) in [5.41, 5.74) is 3.34. The fourth-order valence-electron chi connectivity index (χ4n) is 1.91. The molecule has 0 unspecified atom stereocenters. The Morgan fingerprint density at radius 2 is 1.59 bits per heavy atom. The quantitative estimate of drug-likeness (QED) is 0.568. The van der Waals surface area contributed by atoms with E-state index >= 15 is 0 Å². The highest BCUT2D eigenvalue weighted by Gasteiger charge is 2.00. The van der Waals surface area contributed by atoms with E-state index in [0.717, 1.165) is 10.9 Å². The second-order valence-corrected chi connectivity index (χ2v) is 4.29. The molecule has 0 spiro atoms. The number of pyridine rings is 1. The van der Waals surface area contributed by atoms with Gasteiger partial charge in [-0.3, -0.25) is 0 Å². The Labute approximate surface area is 105 Å². The average Bonchev–Trinajstić information content (AvgIpc) is 2.39. The molecule has 2 heteroatoms. The van der Waals surface area contributed by atoms with Gasteiger partial charge in [0.05, 0.1) is 5.52 Å². The van der Waals surface area contributed by atoms with Crippen molar-refractivity contribution in [1.29, 1.82) is 0 Å². The van der Waals surface area contributed by atoms with Crippen LogP contribution < -0.4 is 0 Å². The molecule has 0 N–H and O–H groups in total. The first-order valence-corrected chi connectivity index (χ1v) is 5.82. The SMILES string of the molecule is Clc1ccc2cc(-c3ccccc3)ccc2n1. The highest BCUT2D eigenvalue weighted by atomic mass is 35.5. The highest BCUT2D eigenvalue weighted by molar-refractivity contribution is 6.29. The number of fused-ring (bicyclic) bond motifs is 1. The van der Waals surface area contributed by atoms with Crippen LogP contribution >= 0.6 is 11.6 Å². The molecule has 1 heterocycles. The predicted octanol–water partition coefficient (Wildman–Crippen LogP) is 4.56. The lowest BCUT2D eigenvalue weighted by atomic mass is 10.0. The van der Waals surface area contributed by atoms with Crippen LogP contribution in [0, 0.1) is 0 Å². The van der Waals surface area contributed by atoms with Gasteiger partial charge in [0, 0.05) is 5.39 Å². The van der Waals surface area contributed by atoms with Crippen molar-refractivity contribution in [3.8, 4) is 11.1 Å². The molecule has 0 bridgehead atoms. The molecule has 3 rings (SSSR count). The molecule has 1 aromatic heterocycles. The molecular formula is C15H10ClN. The third-order valence-corrected chi connectivity index (χ3v) is 2.97. The lowest BCUT2D eigenvalue weighted by Crippen LogP contribution is -1.82. The van der Waals surface area contributed by atoms with Crippen LogP contribution in [0.2, 0.25) is 5.15 Å². The lowest BCUT2D eigenvalue weighted by Gasteiger charge is -2.03. The van der Waals surface area contributed by atoms with Crippen LogP contribution in [-0.2, 0) is 0 Å². The van der Waals surface area contributed by atoms with E-state index in [4.69, 9.17) is 11.6 Å². The molecule has 0 saturated carbocycles. The first-order valence-electron chi connectivity index (χ1n) is 5.45. The Bertz CT molecular complexity index is 662. The number of hydrogen-bond donors (Lipinski definition) is 0. The molecule has 0 saturated heterocycles. The lowest BCUT2D eigenvalue weighted by molar-refractivity contribution is 1.41. The molecule has 0 aliphatic rings. The molecule has 82 valence electrons. The van der Waals surface area contributed by atoms with Gasteiger partial charge in [-0.25, -0.2) is 4.98 Å². The van der Waals surface area contributed by atoms with Gasteiger partial charge in [0.2, 0.25) is 0 Å². The van der Waals surface area contributed by atoms with Gasteiger partial charge in [0.15, 0.2) is 0 Å². The average molecular weight is 240 g/mol. The maximum Gasteiger partial charge on any atom is 0.129 e. The van der Waals surface area contributed by atoms with Gasteiger partial charge in [0.1, 0.15) is 5.15 Å². The fourth-order valence-corrected chi connectivity index (χ4v) is 2.06. The summed E-state index contributed by atoms with van der Waals surface area (Å²) in [7, 11) is 0. The van der Waals surface area contributed by atoms with Crippen molar-refractivity contribution in [1.82, 2.24) is 4.98 Å². The van der Waals surface area contributed by atoms with E-state index in [-0.39, 0.29) is 0 Å². The third kappa shape index (κ3) is 2.02. The predicted molar refractivity (Wildman–Crippen MR) is 72.2 cm³/mol. The van der Waals surface area contributed by atoms with Gasteiger partial charge >= 0.3 is 0 Å². The van der Waals surface area contributed by atoms with Crippen molar-refractivity contribution < 1.29 is 0 Å². The normalized spacial score (nSPS) is 10.6. The van der Waals surface area contributed by atoms with E-state index in [2.05, 4.69) is 29.2 Å². The second-order valence-electron chi connectivity index (χ2n) is 3.91. The number of benzene rings is 2. The van der Waals surface area contributed by atoms with Crippen LogP contribution in [0.5, 0.6) is 0 Å². The van der Waals surface area contributed by atoms with Crippen molar-refractivity contribution in [3.05, 3.63) is 65.8 Å². The molecule has 2 aromatic carbocycles. The van der Waals surface area contributed by atoms with Crippen LogP contribution in [0.15, 0.2) is 60.7 Å². The van der Waals surface area contributed by atoms with Crippen molar-refractivity contribution in [2.75, 3.05) is 0 Å². The standard InChI is InChI=1S/C15H10ClN/c16-15-9-7-13-10-12(6-8-14(13)17-15)11-4-2-1-3-5-11/h1-10H.